The number of aliphatic hydroxyl groups is 5. The minimum absolute atomic E-state index is 0.0689. The first-order chi connectivity index (χ1) is 15.1. The topological polar surface area (TPSA) is 118 Å². The molecule has 4 aliphatic carbocycles. The van der Waals surface area contributed by atoms with Gasteiger partial charge in [0, 0.05) is 5.92 Å². The molecule has 33 heavy (non-hydrogen) atoms. The summed E-state index contributed by atoms with van der Waals surface area (Å²) in [4.78, 5) is 13.2. The summed E-state index contributed by atoms with van der Waals surface area (Å²) in [6, 6.07) is 0. The third-order valence-electron chi connectivity index (χ3n) is 10.3. The first-order valence-electron chi connectivity index (χ1n) is 12.9. The van der Waals surface area contributed by atoms with Gasteiger partial charge >= 0.3 is 0 Å². The van der Waals surface area contributed by atoms with Crippen molar-refractivity contribution in [3.8, 4) is 0 Å². The van der Waals surface area contributed by atoms with Gasteiger partial charge in [-0.1, -0.05) is 19.4 Å². The lowest BCUT2D eigenvalue weighted by molar-refractivity contribution is -0.151. The summed E-state index contributed by atoms with van der Waals surface area (Å²) < 4.78 is 0. The van der Waals surface area contributed by atoms with Crippen LogP contribution in [0.1, 0.15) is 86.0 Å². The number of hydrogen-bond acceptors (Lipinski definition) is 6. The second-order valence-corrected chi connectivity index (χ2v) is 13.1. The normalized spacial score (nSPS) is 46.0. The van der Waals surface area contributed by atoms with Crippen molar-refractivity contribution < 1.29 is 30.3 Å². The van der Waals surface area contributed by atoms with E-state index in [1.807, 2.05) is 6.08 Å². The van der Waals surface area contributed by atoms with Gasteiger partial charge in [0.05, 0.1) is 29.5 Å². The molecule has 0 aliphatic heterocycles. The Labute approximate surface area is 198 Å². The maximum Gasteiger partial charge on any atom is 0.159 e. The lowest BCUT2D eigenvalue weighted by atomic mass is 9.47. The minimum Gasteiger partial charge on any atom is -0.390 e. The Morgan fingerprint density at radius 2 is 1.64 bits per heavy atom. The van der Waals surface area contributed by atoms with Crippen molar-refractivity contribution in [1.82, 2.24) is 0 Å². The van der Waals surface area contributed by atoms with Gasteiger partial charge in [0.25, 0.3) is 0 Å². The molecule has 0 saturated heterocycles. The van der Waals surface area contributed by atoms with Crippen LogP contribution in [-0.4, -0.2) is 60.8 Å². The predicted octanol–water partition coefficient (Wildman–Crippen LogP) is 2.74. The van der Waals surface area contributed by atoms with Crippen LogP contribution in [0.3, 0.4) is 0 Å². The molecular weight excluding hydrogens is 420 g/mol. The van der Waals surface area contributed by atoms with Crippen molar-refractivity contribution >= 4 is 5.78 Å². The molecule has 0 aromatic carbocycles. The fourth-order valence-corrected chi connectivity index (χ4v) is 8.37. The molecule has 4 rings (SSSR count). The first kappa shape index (κ1) is 25.3. The summed E-state index contributed by atoms with van der Waals surface area (Å²) in [6.45, 7) is 9.49. The van der Waals surface area contributed by atoms with Gasteiger partial charge in [-0.2, -0.15) is 0 Å². The zero-order valence-electron chi connectivity index (χ0n) is 20.9. The van der Waals surface area contributed by atoms with E-state index in [4.69, 9.17) is 0 Å². The molecule has 5 N–H and O–H groups in total. The van der Waals surface area contributed by atoms with Crippen LogP contribution in [0.4, 0.5) is 0 Å². The number of ketones is 1. The number of hydrogen-bond donors (Lipinski definition) is 5. The highest BCUT2D eigenvalue weighted by Gasteiger charge is 2.63. The molecule has 3 fully saturated rings. The van der Waals surface area contributed by atoms with E-state index >= 15 is 0 Å². The third-order valence-corrected chi connectivity index (χ3v) is 10.3. The van der Waals surface area contributed by atoms with Crippen LogP contribution in [0, 0.1) is 34.5 Å². The van der Waals surface area contributed by atoms with Crippen LogP contribution in [0.5, 0.6) is 0 Å². The minimum atomic E-state index is -1.28. The van der Waals surface area contributed by atoms with Gasteiger partial charge in [0.2, 0.25) is 0 Å². The molecule has 6 nitrogen and oxygen atoms in total. The number of rotatable bonds is 5. The summed E-state index contributed by atoms with van der Waals surface area (Å²) in [5.74, 6) is 0.0783. The first-order valence-corrected chi connectivity index (χ1v) is 12.9. The molecule has 3 saturated carbocycles. The molecule has 0 spiro atoms. The molecule has 188 valence electrons. The van der Waals surface area contributed by atoms with E-state index in [2.05, 4.69) is 13.8 Å². The van der Waals surface area contributed by atoms with E-state index in [-0.39, 0.29) is 40.3 Å². The van der Waals surface area contributed by atoms with Gasteiger partial charge in [-0.25, -0.2) is 0 Å². The second kappa shape index (κ2) is 8.12. The van der Waals surface area contributed by atoms with Crippen molar-refractivity contribution in [3.05, 3.63) is 11.6 Å². The number of allylic oxidation sites excluding steroid dienone is 2. The lowest BCUT2D eigenvalue weighted by Crippen LogP contribution is -2.57. The van der Waals surface area contributed by atoms with Crippen molar-refractivity contribution in [2.45, 2.75) is 115 Å². The fourth-order valence-electron chi connectivity index (χ4n) is 8.37. The van der Waals surface area contributed by atoms with Crippen LogP contribution in [-0.2, 0) is 4.79 Å². The standard InChI is InChI=1S/C27H44O6/c1-24(2,32)10-9-23(31)27(5,33)22-7-6-16-15-12-19(28)18-13-20(29)21(30)14-26(18,4)17(15)8-11-25(16,22)3/h12,16-18,20-23,29-33H,6-11,13-14H2,1-5H3/t16-,17?,18+,20-,21+,22-,23-,25-,26-,27?/m1/s1. The highest BCUT2D eigenvalue weighted by molar-refractivity contribution is 5.94. The molecule has 0 aromatic rings. The highest BCUT2D eigenvalue weighted by Crippen LogP contribution is 2.67. The Kier molecular flexibility index (Phi) is 6.23. The predicted molar refractivity (Wildman–Crippen MR) is 125 cm³/mol. The molecule has 10 atom stereocenters. The van der Waals surface area contributed by atoms with Crippen molar-refractivity contribution in [2.24, 2.45) is 34.5 Å². The fraction of sp³-hybridized carbons (Fsp3) is 0.889. The van der Waals surface area contributed by atoms with E-state index in [9.17, 15) is 30.3 Å². The summed E-state index contributed by atoms with van der Waals surface area (Å²) in [5, 5.41) is 53.3. The van der Waals surface area contributed by atoms with Gasteiger partial charge in [0.1, 0.15) is 0 Å². The number of carbonyl (C=O) groups is 1. The SMILES string of the molecule is CC(C)(O)CC[C@@H](O)C(C)(O)[C@@H]1CC[C@@H]2C3=CC(=O)[C@@H]4C[C@@H](O)[C@@H](O)C[C@]4(C)C3CC[C@]21C. The van der Waals surface area contributed by atoms with Crippen LogP contribution in [0.25, 0.3) is 0 Å². The smallest absolute Gasteiger partial charge is 0.159 e. The van der Waals surface area contributed by atoms with Gasteiger partial charge in [-0.15, -0.1) is 0 Å². The maximum absolute atomic E-state index is 13.2. The molecule has 0 amide bonds. The van der Waals surface area contributed by atoms with Crippen LogP contribution < -0.4 is 0 Å². The summed E-state index contributed by atoms with van der Waals surface area (Å²) in [7, 11) is 0. The van der Waals surface area contributed by atoms with Crippen LogP contribution in [0.15, 0.2) is 11.6 Å². The van der Waals surface area contributed by atoms with E-state index in [0.29, 0.717) is 25.7 Å². The quantitative estimate of drug-likeness (QED) is 0.427. The van der Waals surface area contributed by atoms with E-state index in [0.717, 1.165) is 25.7 Å². The van der Waals surface area contributed by atoms with E-state index in [1.165, 1.54) is 5.57 Å². The molecule has 0 bridgehead atoms. The summed E-state index contributed by atoms with van der Waals surface area (Å²) in [5.41, 5.74) is -1.58. The zero-order chi connectivity index (χ0) is 24.6. The molecule has 2 unspecified atom stereocenters. The third kappa shape index (κ3) is 4.04. The second-order valence-electron chi connectivity index (χ2n) is 13.1. The largest absolute Gasteiger partial charge is 0.390 e. The van der Waals surface area contributed by atoms with Gasteiger partial charge in [0.15, 0.2) is 5.78 Å². The average Bonchev–Trinajstić information content (AvgIpc) is 3.06. The van der Waals surface area contributed by atoms with Crippen molar-refractivity contribution in [3.63, 3.8) is 0 Å². The summed E-state index contributed by atoms with van der Waals surface area (Å²) in [6.07, 6.45) is 4.21. The Bertz CT molecular complexity index is 812. The lowest BCUT2D eigenvalue weighted by Gasteiger charge is -2.58. The number of carbonyl (C=O) groups excluding carboxylic acids is 1. The Hall–Kier alpha value is -0.790. The number of fused-ring (bicyclic) bond motifs is 5. The molecule has 4 aliphatic rings. The highest BCUT2D eigenvalue weighted by atomic mass is 16.3. The maximum atomic E-state index is 13.2. The van der Waals surface area contributed by atoms with E-state index < -0.39 is 29.5 Å². The zero-order valence-corrected chi connectivity index (χ0v) is 20.9. The van der Waals surface area contributed by atoms with Crippen molar-refractivity contribution in [2.75, 3.05) is 0 Å². The van der Waals surface area contributed by atoms with Gasteiger partial charge in [-0.3, -0.25) is 4.79 Å². The summed E-state index contributed by atoms with van der Waals surface area (Å²) >= 11 is 0. The van der Waals surface area contributed by atoms with Crippen LogP contribution in [0.2, 0.25) is 0 Å². The van der Waals surface area contributed by atoms with Crippen molar-refractivity contribution in [1.29, 1.82) is 0 Å². The molecule has 0 radical (unpaired) electrons. The Morgan fingerprint density at radius 3 is 2.27 bits per heavy atom. The Morgan fingerprint density at radius 1 is 1.00 bits per heavy atom. The average molecular weight is 465 g/mol. The van der Waals surface area contributed by atoms with Gasteiger partial charge in [-0.05, 0) is 107 Å². The molecule has 0 heterocycles. The monoisotopic (exact) mass is 464 g/mol. The van der Waals surface area contributed by atoms with Gasteiger partial charge < -0.3 is 25.5 Å². The van der Waals surface area contributed by atoms with Crippen LogP contribution >= 0.6 is 0 Å². The molecule has 6 heteroatoms. The molecular formula is C27H44O6. The number of aliphatic hydroxyl groups excluding tert-OH is 3. The molecule has 0 aromatic heterocycles. The van der Waals surface area contributed by atoms with E-state index in [1.54, 1.807) is 20.8 Å². The Balaban J connectivity index is 1.61.